The maximum atomic E-state index is 12.1. The first-order valence-corrected chi connectivity index (χ1v) is 7.59. The van der Waals surface area contributed by atoms with Gasteiger partial charge in [-0.15, -0.1) is 11.3 Å². The Hall–Kier alpha value is -2.58. The van der Waals surface area contributed by atoms with Gasteiger partial charge in [-0.3, -0.25) is 4.79 Å². The van der Waals surface area contributed by atoms with Crippen molar-refractivity contribution in [3.8, 4) is 11.8 Å². The van der Waals surface area contributed by atoms with Crippen LogP contribution in [0.1, 0.15) is 16.0 Å². The fourth-order valence-corrected chi connectivity index (χ4v) is 2.63. The zero-order valence-corrected chi connectivity index (χ0v) is 13.2. The van der Waals surface area contributed by atoms with E-state index in [0.717, 1.165) is 21.8 Å². The Bertz CT molecular complexity index is 728. The molecule has 1 heterocycles. The van der Waals surface area contributed by atoms with E-state index in [1.807, 2.05) is 48.7 Å². The molecule has 0 saturated heterocycles. The average Bonchev–Trinajstić information content (AvgIpc) is 3.04. The zero-order valence-electron chi connectivity index (χ0n) is 12.4. The van der Waals surface area contributed by atoms with Gasteiger partial charge in [0.15, 0.2) is 0 Å². The van der Waals surface area contributed by atoms with Crippen molar-refractivity contribution in [2.45, 2.75) is 13.5 Å². The first-order valence-electron chi connectivity index (χ1n) is 6.71. The fourth-order valence-electron chi connectivity index (χ4n) is 1.98. The van der Waals surface area contributed by atoms with Crippen molar-refractivity contribution in [2.24, 2.45) is 0 Å². The molecule has 0 radical (unpaired) electrons. The summed E-state index contributed by atoms with van der Waals surface area (Å²) in [6.45, 7) is 2.34. The number of aryl methyl sites for hydroxylation is 1. The lowest BCUT2D eigenvalue weighted by molar-refractivity contribution is -0.117. The summed E-state index contributed by atoms with van der Waals surface area (Å²) in [5, 5.41) is 13.9. The molecule has 2 aromatic rings. The van der Waals surface area contributed by atoms with E-state index in [2.05, 4.69) is 5.32 Å². The molecule has 0 aliphatic heterocycles. The first kappa shape index (κ1) is 15.8. The predicted octanol–water partition coefficient (Wildman–Crippen LogP) is 3.29. The van der Waals surface area contributed by atoms with Crippen LogP contribution < -0.4 is 10.1 Å². The predicted molar refractivity (Wildman–Crippen MR) is 87.5 cm³/mol. The Morgan fingerprint density at radius 2 is 2.27 bits per heavy atom. The molecule has 0 aliphatic carbocycles. The molecule has 5 heteroatoms. The lowest BCUT2D eigenvalue weighted by atomic mass is 10.1. The van der Waals surface area contributed by atoms with Gasteiger partial charge in [-0.05, 0) is 47.7 Å². The first-order chi connectivity index (χ1) is 10.6. The van der Waals surface area contributed by atoms with Crippen LogP contribution >= 0.6 is 11.3 Å². The lowest BCUT2D eigenvalue weighted by Gasteiger charge is -2.06. The Morgan fingerprint density at radius 1 is 1.45 bits per heavy atom. The molecule has 0 spiro atoms. The highest BCUT2D eigenvalue weighted by atomic mass is 32.1. The summed E-state index contributed by atoms with van der Waals surface area (Å²) in [6.07, 6.45) is 1.58. The molecule has 2 rings (SSSR count). The number of nitrogens with zero attached hydrogens (tertiary/aromatic N) is 1. The molecule has 0 atom stereocenters. The Balaban J connectivity index is 2.11. The third-order valence-electron chi connectivity index (χ3n) is 3.10. The normalized spacial score (nSPS) is 10.9. The van der Waals surface area contributed by atoms with E-state index < -0.39 is 0 Å². The molecular weight excluding hydrogens is 296 g/mol. The molecule has 1 N–H and O–H groups in total. The van der Waals surface area contributed by atoms with Crippen LogP contribution in [0.3, 0.4) is 0 Å². The monoisotopic (exact) mass is 312 g/mol. The van der Waals surface area contributed by atoms with Crippen LogP contribution in [0.2, 0.25) is 0 Å². The summed E-state index contributed by atoms with van der Waals surface area (Å²) in [5.74, 6) is 0.405. The summed E-state index contributed by atoms with van der Waals surface area (Å²) in [6, 6.07) is 11.3. The van der Waals surface area contributed by atoms with Gasteiger partial charge in [0, 0.05) is 4.88 Å². The summed E-state index contributed by atoms with van der Waals surface area (Å²) >= 11 is 1.56. The van der Waals surface area contributed by atoms with E-state index in [9.17, 15) is 10.1 Å². The van der Waals surface area contributed by atoms with Crippen LogP contribution in [-0.4, -0.2) is 13.0 Å². The lowest BCUT2D eigenvalue weighted by Crippen LogP contribution is -2.23. The number of nitriles is 1. The van der Waals surface area contributed by atoms with Gasteiger partial charge in [-0.2, -0.15) is 5.26 Å². The number of amides is 1. The number of rotatable bonds is 5. The van der Waals surface area contributed by atoms with E-state index in [1.165, 1.54) is 0 Å². The molecule has 0 unspecified atom stereocenters. The number of carbonyl (C=O) groups excluding carboxylic acids is 1. The minimum Gasteiger partial charge on any atom is -0.496 e. The van der Waals surface area contributed by atoms with Gasteiger partial charge in [0.05, 0.1) is 13.7 Å². The highest BCUT2D eigenvalue weighted by Gasteiger charge is 2.09. The second-order valence-corrected chi connectivity index (χ2v) is 5.69. The third-order valence-corrected chi connectivity index (χ3v) is 3.97. The number of thiophene rings is 1. The second-order valence-electron chi connectivity index (χ2n) is 4.66. The van der Waals surface area contributed by atoms with Crippen molar-refractivity contribution in [1.29, 1.82) is 5.26 Å². The van der Waals surface area contributed by atoms with E-state index >= 15 is 0 Å². The topological polar surface area (TPSA) is 62.1 Å². The minimum atomic E-state index is -0.371. The molecule has 112 valence electrons. The molecule has 1 aromatic carbocycles. The van der Waals surface area contributed by atoms with Gasteiger partial charge < -0.3 is 10.1 Å². The highest BCUT2D eigenvalue weighted by molar-refractivity contribution is 7.09. The van der Waals surface area contributed by atoms with E-state index in [0.29, 0.717) is 6.54 Å². The molecule has 0 fully saturated rings. The number of hydrogen-bond acceptors (Lipinski definition) is 4. The molecule has 22 heavy (non-hydrogen) atoms. The molecule has 0 aliphatic rings. The van der Waals surface area contributed by atoms with Crippen molar-refractivity contribution in [2.75, 3.05) is 7.11 Å². The number of nitrogens with one attached hydrogen (secondary N) is 1. The number of benzene rings is 1. The fraction of sp³-hybridized carbons (Fsp3) is 0.176. The quantitative estimate of drug-likeness (QED) is 0.680. The summed E-state index contributed by atoms with van der Waals surface area (Å²) in [5.41, 5.74) is 1.83. The third kappa shape index (κ3) is 3.96. The minimum absolute atomic E-state index is 0.0844. The second kappa shape index (κ2) is 7.43. The van der Waals surface area contributed by atoms with Crippen LogP contribution in [0.5, 0.6) is 5.75 Å². The molecule has 4 nitrogen and oxygen atoms in total. The van der Waals surface area contributed by atoms with Crippen molar-refractivity contribution >= 4 is 23.3 Å². The number of methoxy groups -OCH3 is 1. The SMILES string of the molecule is COc1ccc(C=C(C#N)C(=O)NCc2cccs2)cc1C. The van der Waals surface area contributed by atoms with Crippen molar-refractivity contribution in [3.63, 3.8) is 0 Å². The molecular formula is C17H16N2O2S. The number of carbonyl (C=O) groups is 1. The highest BCUT2D eigenvalue weighted by Crippen LogP contribution is 2.20. The Kier molecular flexibility index (Phi) is 5.34. The largest absolute Gasteiger partial charge is 0.496 e. The standard InChI is InChI=1S/C17H16N2O2S/c1-12-8-13(5-6-16(12)21-2)9-14(10-18)17(20)19-11-15-4-3-7-22-15/h3-9H,11H2,1-2H3,(H,19,20). The van der Waals surface area contributed by atoms with Crippen LogP contribution in [0.15, 0.2) is 41.3 Å². The van der Waals surface area contributed by atoms with Gasteiger partial charge in [0.1, 0.15) is 17.4 Å². The van der Waals surface area contributed by atoms with Gasteiger partial charge in [-0.25, -0.2) is 0 Å². The van der Waals surface area contributed by atoms with Crippen LogP contribution in [-0.2, 0) is 11.3 Å². The van der Waals surface area contributed by atoms with Crippen molar-refractivity contribution in [3.05, 3.63) is 57.3 Å². The van der Waals surface area contributed by atoms with Crippen molar-refractivity contribution < 1.29 is 9.53 Å². The van der Waals surface area contributed by atoms with Crippen LogP contribution in [0.25, 0.3) is 6.08 Å². The summed E-state index contributed by atoms with van der Waals surface area (Å²) < 4.78 is 5.19. The van der Waals surface area contributed by atoms with E-state index in [4.69, 9.17) is 4.74 Å². The average molecular weight is 312 g/mol. The maximum Gasteiger partial charge on any atom is 0.262 e. The molecule has 0 bridgehead atoms. The molecule has 1 aromatic heterocycles. The Labute approximate surface area is 133 Å². The van der Waals surface area contributed by atoms with Gasteiger partial charge >= 0.3 is 0 Å². The molecule has 0 saturated carbocycles. The van der Waals surface area contributed by atoms with Crippen LogP contribution in [0, 0.1) is 18.3 Å². The summed E-state index contributed by atoms with van der Waals surface area (Å²) in [7, 11) is 1.61. The van der Waals surface area contributed by atoms with Crippen molar-refractivity contribution in [1.82, 2.24) is 5.32 Å². The zero-order chi connectivity index (χ0) is 15.9. The Morgan fingerprint density at radius 3 is 2.86 bits per heavy atom. The van der Waals surface area contributed by atoms with E-state index in [-0.39, 0.29) is 11.5 Å². The van der Waals surface area contributed by atoms with Gasteiger partial charge in [0.2, 0.25) is 0 Å². The van der Waals surface area contributed by atoms with Gasteiger partial charge in [-0.1, -0.05) is 12.1 Å². The maximum absolute atomic E-state index is 12.1. The van der Waals surface area contributed by atoms with E-state index in [1.54, 1.807) is 24.5 Å². The number of hydrogen-bond donors (Lipinski definition) is 1. The van der Waals surface area contributed by atoms with Gasteiger partial charge in [0.25, 0.3) is 5.91 Å². The number of ether oxygens (including phenoxy) is 1. The summed E-state index contributed by atoms with van der Waals surface area (Å²) in [4.78, 5) is 13.1. The molecule has 1 amide bonds. The smallest absolute Gasteiger partial charge is 0.262 e. The van der Waals surface area contributed by atoms with Crippen LogP contribution in [0.4, 0.5) is 0 Å².